The minimum absolute atomic E-state index is 0.00120. The average molecular weight is 417 g/mol. The molecule has 0 spiro atoms. The van der Waals surface area contributed by atoms with Gasteiger partial charge in [0.1, 0.15) is 5.76 Å². The lowest BCUT2D eigenvalue weighted by atomic mass is 10.0. The van der Waals surface area contributed by atoms with E-state index in [0.29, 0.717) is 11.3 Å². The summed E-state index contributed by atoms with van der Waals surface area (Å²) in [6.07, 6.45) is 0.456. The lowest BCUT2D eigenvalue weighted by molar-refractivity contribution is 0.0318. The Morgan fingerprint density at radius 2 is 1.65 bits per heavy atom. The highest BCUT2D eigenvalue weighted by Gasteiger charge is 2.36. The van der Waals surface area contributed by atoms with E-state index < -0.39 is 23.9 Å². The molecule has 1 aliphatic rings. The third kappa shape index (κ3) is 3.90. The summed E-state index contributed by atoms with van der Waals surface area (Å²) in [5.41, 5.74) is 1.86. The lowest BCUT2D eigenvalue weighted by Crippen LogP contribution is -2.28. The monoisotopic (exact) mass is 417 g/mol. The van der Waals surface area contributed by atoms with E-state index in [1.807, 2.05) is 6.92 Å². The van der Waals surface area contributed by atoms with E-state index in [0.717, 1.165) is 10.5 Å². The molecule has 0 saturated heterocycles. The maximum Gasteiger partial charge on any atom is 0.338 e. The summed E-state index contributed by atoms with van der Waals surface area (Å²) < 4.78 is 10.5. The molecule has 0 bridgehead atoms. The summed E-state index contributed by atoms with van der Waals surface area (Å²) >= 11 is 0. The van der Waals surface area contributed by atoms with Crippen LogP contribution in [0.15, 0.2) is 65.3 Å². The van der Waals surface area contributed by atoms with Crippen molar-refractivity contribution in [1.29, 1.82) is 0 Å². The van der Waals surface area contributed by atoms with Gasteiger partial charge in [0.25, 0.3) is 11.8 Å². The fourth-order valence-electron chi connectivity index (χ4n) is 3.35. The number of furan rings is 1. The number of ether oxygens (including phenoxy) is 1. The molecule has 0 aliphatic carbocycles. The van der Waals surface area contributed by atoms with E-state index in [1.54, 1.807) is 36.4 Å². The van der Waals surface area contributed by atoms with Crippen molar-refractivity contribution in [3.63, 3.8) is 0 Å². The Hall–Kier alpha value is -4.00. The van der Waals surface area contributed by atoms with Crippen LogP contribution in [-0.2, 0) is 11.3 Å². The molecule has 1 unspecified atom stereocenters. The standard InChI is InChI=1S/C24H19NO6/c1-14-5-7-16(8-6-14)21(26)15(2)31-24(29)17-9-10-19-20(12-17)23(28)25(22(19)27)13-18-4-3-11-30-18/h3-12,15H,13H2,1-2H3. The predicted octanol–water partition coefficient (Wildman–Crippen LogP) is 3.81. The Kier molecular flexibility index (Phi) is 5.25. The van der Waals surface area contributed by atoms with Crippen molar-refractivity contribution >= 4 is 23.6 Å². The molecule has 1 aromatic heterocycles. The van der Waals surface area contributed by atoms with Gasteiger partial charge in [-0.2, -0.15) is 0 Å². The maximum absolute atomic E-state index is 12.7. The molecule has 3 aromatic rings. The molecule has 1 atom stereocenters. The number of nitrogens with zero attached hydrogens (tertiary/aromatic N) is 1. The fourth-order valence-corrected chi connectivity index (χ4v) is 3.35. The molecule has 7 nitrogen and oxygen atoms in total. The number of hydrogen-bond donors (Lipinski definition) is 0. The highest BCUT2D eigenvalue weighted by atomic mass is 16.5. The van der Waals surface area contributed by atoms with Crippen LogP contribution in [0.2, 0.25) is 0 Å². The molecule has 7 heteroatoms. The van der Waals surface area contributed by atoms with Crippen molar-refractivity contribution in [2.45, 2.75) is 26.5 Å². The Morgan fingerprint density at radius 3 is 2.32 bits per heavy atom. The largest absolute Gasteiger partial charge is 0.467 e. The number of ketones is 1. The second-order valence-electron chi connectivity index (χ2n) is 7.31. The number of benzene rings is 2. The second-order valence-corrected chi connectivity index (χ2v) is 7.31. The third-order valence-electron chi connectivity index (χ3n) is 5.09. The zero-order chi connectivity index (χ0) is 22.1. The lowest BCUT2D eigenvalue weighted by Gasteiger charge is -2.13. The van der Waals surface area contributed by atoms with E-state index in [2.05, 4.69) is 0 Å². The van der Waals surface area contributed by atoms with Crippen molar-refractivity contribution in [2.75, 3.05) is 0 Å². The summed E-state index contributed by atoms with van der Waals surface area (Å²) in [5, 5.41) is 0. The highest BCUT2D eigenvalue weighted by Crippen LogP contribution is 2.26. The molecular weight excluding hydrogens is 398 g/mol. The van der Waals surface area contributed by atoms with Crippen LogP contribution < -0.4 is 0 Å². The van der Waals surface area contributed by atoms with Gasteiger partial charge in [0.05, 0.1) is 29.5 Å². The van der Waals surface area contributed by atoms with Crippen LogP contribution >= 0.6 is 0 Å². The van der Waals surface area contributed by atoms with Gasteiger partial charge in [-0.15, -0.1) is 0 Å². The molecule has 2 aromatic carbocycles. The SMILES string of the molecule is Cc1ccc(C(=O)C(C)OC(=O)c2ccc3c(c2)C(=O)N(Cc2ccco2)C3=O)cc1. The summed E-state index contributed by atoms with van der Waals surface area (Å²) in [5.74, 6) is -1.59. The Bertz CT molecular complexity index is 1180. The van der Waals surface area contributed by atoms with Crippen molar-refractivity contribution in [3.8, 4) is 0 Å². The molecule has 2 heterocycles. The van der Waals surface area contributed by atoms with Gasteiger partial charge in [-0.05, 0) is 44.2 Å². The minimum atomic E-state index is -1.00. The van der Waals surface area contributed by atoms with E-state index in [-0.39, 0.29) is 29.0 Å². The van der Waals surface area contributed by atoms with Crippen LogP contribution in [0.1, 0.15) is 59.7 Å². The zero-order valence-corrected chi connectivity index (χ0v) is 17.0. The smallest absolute Gasteiger partial charge is 0.338 e. The quantitative estimate of drug-likeness (QED) is 0.344. The highest BCUT2D eigenvalue weighted by molar-refractivity contribution is 6.21. The molecule has 0 fully saturated rings. The second kappa shape index (κ2) is 8.02. The zero-order valence-electron chi connectivity index (χ0n) is 17.0. The first-order chi connectivity index (χ1) is 14.8. The van der Waals surface area contributed by atoms with Crippen LogP contribution in [-0.4, -0.2) is 34.6 Å². The number of carbonyl (C=O) groups excluding carboxylic acids is 4. The van der Waals surface area contributed by atoms with Crippen molar-refractivity contribution in [3.05, 3.63) is 94.4 Å². The minimum Gasteiger partial charge on any atom is -0.467 e. The molecule has 0 radical (unpaired) electrons. The van der Waals surface area contributed by atoms with Gasteiger partial charge in [-0.3, -0.25) is 19.3 Å². The maximum atomic E-state index is 12.7. The van der Waals surface area contributed by atoms with Crippen LogP contribution in [0, 0.1) is 6.92 Å². The average Bonchev–Trinajstić information content (AvgIpc) is 3.36. The first-order valence-electron chi connectivity index (χ1n) is 9.69. The number of rotatable bonds is 6. The van der Waals surface area contributed by atoms with Gasteiger partial charge in [-0.1, -0.05) is 29.8 Å². The molecule has 4 rings (SSSR count). The summed E-state index contributed by atoms with van der Waals surface area (Å²) in [6.45, 7) is 3.40. The molecule has 156 valence electrons. The fraction of sp³-hybridized carbons (Fsp3) is 0.167. The molecule has 31 heavy (non-hydrogen) atoms. The summed E-state index contributed by atoms with van der Waals surface area (Å²) in [6, 6.07) is 14.4. The van der Waals surface area contributed by atoms with Gasteiger partial charge >= 0.3 is 5.97 Å². The summed E-state index contributed by atoms with van der Waals surface area (Å²) in [7, 11) is 0. The Morgan fingerprint density at radius 1 is 0.968 bits per heavy atom. The first-order valence-corrected chi connectivity index (χ1v) is 9.69. The third-order valence-corrected chi connectivity index (χ3v) is 5.09. The number of Topliss-reactive ketones (excluding diaryl/α,β-unsaturated/α-hetero) is 1. The van der Waals surface area contributed by atoms with E-state index in [9.17, 15) is 19.2 Å². The number of hydrogen-bond acceptors (Lipinski definition) is 6. The van der Waals surface area contributed by atoms with Gasteiger partial charge in [0.2, 0.25) is 5.78 Å². The van der Waals surface area contributed by atoms with Crippen LogP contribution in [0.4, 0.5) is 0 Å². The molecule has 2 amide bonds. The van der Waals surface area contributed by atoms with E-state index in [4.69, 9.17) is 9.15 Å². The van der Waals surface area contributed by atoms with Gasteiger partial charge < -0.3 is 9.15 Å². The Balaban J connectivity index is 1.49. The van der Waals surface area contributed by atoms with Gasteiger partial charge in [0, 0.05) is 5.56 Å². The van der Waals surface area contributed by atoms with Crippen LogP contribution in [0.25, 0.3) is 0 Å². The number of aryl methyl sites for hydroxylation is 1. The molecular formula is C24H19NO6. The number of amides is 2. The Labute approximate surface area is 178 Å². The topological polar surface area (TPSA) is 93.9 Å². The summed E-state index contributed by atoms with van der Waals surface area (Å²) in [4.78, 5) is 51.4. The number of fused-ring (bicyclic) bond motifs is 1. The van der Waals surface area contributed by atoms with Crippen LogP contribution in [0.3, 0.4) is 0 Å². The molecule has 1 aliphatic heterocycles. The normalized spacial score (nSPS) is 13.8. The first kappa shape index (κ1) is 20.3. The van der Waals surface area contributed by atoms with Crippen molar-refractivity contribution < 1.29 is 28.3 Å². The van der Waals surface area contributed by atoms with Crippen LogP contribution in [0.5, 0.6) is 0 Å². The van der Waals surface area contributed by atoms with E-state index >= 15 is 0 Å². The molecule has 0 N–H and O–H groups in total. The van der Waals surface area contributed by atoms with Crippen molar-refractivity contribution in [1.82, 2.24) is 4.90 Å². The number of carbonyl (C=O) groups is 4. The number of imide groups is 1. The number of esters is 1. The van der Waals surface area contributed by atoms with E-state index in [1.165, 1.54) is 31.4 Å². The van der Waals surface area contributed by atoms with Crippen molar-refractivity contribution in [2.24, 2.45) is 0 Å². The van der Waals surface area contributed by atoms with Gasteiger partial charge in [-0.25, -0.2) is 4.79 Å². The van der Waals surface area contributed by atoms with Gasteiger partial charge in [0.15, 0.2) is 6.10 Å². The molecule has 0 saturated carbocycles. The predicted molar refractivity (Wildman–Crippen MR) is 110 cm³/mol.